The molecular formula is C10H4BrCl2FN2O. The summed E-state index contributed by atoms with van der Waals surface area (Å²) in [6, 6.07) is 3.78. The van der Waals surface area contributed by atoms with Gasteiger partial charge < -0.3 is 4.74 Å². The lowest BCUT2D eigenvalue weighted by Gasteiger charge is -2.07. The Labute approximate surface area is 115 Å². The molecule has 0 aliphatic carbocycles. The topological polar surface area (TPSA) is 35.0 Å². The Kier molecular flexibility index (Phi) is 3.81. The molecule has 1 heterocycles. The number of nitrogens with zero attached hydrogens (tertiary/aromatic N) is 2. The Bertz CT molecular complexity index is 568. The molecule has 0 saturated carbocycles. The van der Waals surface area contributed by atoms with Crippen LogP contribution >= 0.6 is 39.1 Å². The van der Waals surface area contributed by atoms with Gasteiger partial charge in [-0.05, 0) is 45.7 Å². The average Bonchev–Trinajstić information content (AvgIpc) is 2.27. The Balaban J connectivity index is 2.34. The minimum Gasteiger partial charge on any atom is -0.436 e. The quantitative estimate of drug-likeness (QED) is 0.758. The van der Waals surface area contributed by atoms with Crippen LogP contribution in [-0.4, -0.2) is 9.97 Å². The number of aromatic nitrogens is 2. The zero-order valence-electron chi connectivity index (χ0n) is 8.12. The number of rotatable bonds is 2. The van der Waals surface area contributed by atoms with Crippen LogP contribution in [0, 0.1) is 5.82 Å². The van der Waals surface area contributed by atoms with Crippen molar-refractivity contribution in [2.24, 2.45) is 0 Å². The van der Waals surface area contributed by atoms with E-state index in [1.54, 1.807) is 0 Å². The lowest BCUT2D eigenvalue weighted by Crippen LogP contribution is -1.92. The first-order chi connectivity index (χ1) is 8.06. The Morgan fingerprint density at radius 1 is 1.29 bits per heavy atom. The molecule has 0 saturated heterocycles. The largest absolute Gasteiger partial charge is 0.436 e. The second-order valence-corrected chi connectivity index (χ2v) is 4.57. The third-order valence-corrected chi connectivity index (χ3v) is 2.80. The van der Waals surface area contributed by atoms with Crippen molar-refractivity contribution >= 4 is 39.1 Å². The molecule has 1 aromatic heterocycles. The molecule has 0 aliphatic rings. The van der Waals surface area contributed by atoms with Crippen molar-refractivity contribution in [2.45, 2.75) is 0 Å². The van der Waals surface area contributed by atoms with Crippen molar-refractivity contribution in [2.75, 3.05) is 0 Å². The van der Waals surface area contributed by atoms with Gasteiger partial charge in [-0.2, -0.15) is 4.98 Å². The van der Waals surface area contributed by atoms with E-state index in [4.69, 9.17) is 27.9 Å². The second-order valence-electron chi connectivity index (χ2n) is 2.97. The maximum atomic E-state index is 12.8. The summed E-state index contributed by atoms with van der Waals surface area (Å²) >= 11 is 14.6. The van der Waals surface area contributed by atoms with Gasteiger partial charge in [-0.1, -0.05) is 11.6 Å². The maximum Gasteiger partial charge on any atom is 0.238 e. The zero-order valence-corrected chi connectivity index (χ0v) is 11.2. The van der Waals surface area contributed by atoms with E-state index in [9.17, 15) is 4.39 Å². The smallest absolute Gasteiger partial charge is 0.238 e. The average molecular weight is 338 g/mol. The SMILES string of the molecule is Fc1ccc(Oc2nc(Cl)ncc2Br)c(Cl)c1. The normalized spacial score (nSPS) is 10.4. The molecule has 0 unspecified atom stereocenters. The molecule has 0 aliphatic heterocycles. The number of hydrogen-bond acceptors (Lipinski definition) is 3. The van der Waals surface area contributed by atoms with E-state index >= 15 is 0 Å². The highest BCUT2D eigenvalue weighted by molar-refractivity contribution is 9.10. The van der Waals surface area contributed by atoms with E-state index in [2.05, 4.69) is 25.9 Å². The molecule has 0 atom stereocenters. The van der Waals surface area contributed by atoms with Gasteiger partial charge in [0.1, 0.15) is 11.6 Å². The van der Waals surface area contributed by atoms with Gasteiger partial charge in [-0.25, -0.2) is 9.37 Å². The molecule has 0 bridgehead atoms. The fraction of sp³-hybridized carbons (Fsp3) is 0. The summed E-state index contributed by atoms with van der Waals surface area (Å²) < 4.78 is 18.7. The fourth-order valence-electron chi connectivity index (χ4n) is 1.06. The van der Waals surface area contributed by atoms with Crippen LogP contribution in [0.15, 0.2) is 28.9 Å². The second kappa shape index (κ2) is 5.16. The highest BCUT2D eigenvalue weighted by atomic mass is 79.9. The van der Waals surface area contributed by atoms with Crippen LogP contribution < -0.4 is 4.74 Å². The van der Waals surface area contributed by atoms with Crippen molar-refractivity contribution in [3.63, 3.8) is 0 Å². The number of ether oxygens (including phenoxy) is 1. The standard InChI is InChI=1S/C10H4BrCl2FN2O/c11-6-4-15-10(13)16-9(6)17-8-2-1-5(14)3-7(8)12/h1-4H. The molecule has 2 aromatic rings. The Morgan fingerprint density at radius 3 is 2.76 bits per heavy atom. The van der Waals surface area contributed by atoms with Crippen molar-refractivity contribution in [3.8, 4) is 11.6 Å². The summed E-state index contributed by atoms with van der Waals surface area (Å²) in [6.45, 7) is 0. The third-order valence-electron chi connectivity index (χ3n) is 1.78. The van der Waals surface area contributed by atoms with Crippen LogP contribution in [0.4, 0.5) is 4.39 Å². The molecule has 0 fully saturated rings. The van der Waals surface area contributed by atoms with Gasteiger partial charge in [0.25, 0.3) is 0 Å². The predicted molar refractivity (Wildman–Crippen MR) is 66.2 cm³/mol. The number of hydrogen-bond donors (Lipinski definition) is 0. The third kappa shape index (κ3) is 3.06. The van der Waals surface area contributed by atoms with Crippen molar-refractivity contribution < 1.29 is 9.13 Å². The molecule has 0 spiro atoms. The molecule has 0 amide bonds. The lowest BCUT2D eigenvalue weighted by atomic mass is 10.3. The first kappa shape index (κ1) is 12.5. The van der Waals surface area contributed by atoms with Crippen molar-refractivity contribution in [1.29, 1.82) is 0 Å². The van der Waals surface area contributed by atoms with Crippen molar-refractivity contribution in [3.05, 3.63) is 45.0 Å². The van der Waals surface area contributed by atoms with Gasteiger partial charge in [0.2, 0.25) is 11.2 Å². The van der Waals surface area contributed by atoms with Gasteiger partial charge in [-0.3, -0.25) is 0 Å². The van der Waals surface area contributed by atoms with Crippen LogP contribution in [-0.2, 0) is 0 Å². The van der Waals surface area contributed by atoms with Crippen LogP contribution in [0.3, 0.4) is 0 Å². The molecule has 88 valence electrons. The summed E-state index contributed by atoms with van der Waals surface area (Å²) in [4.78, 5) is 7.62. The summed E-state index contributed by atoms with van der Waals surface area (Å²) in [6.07, 6.45) is 1.45. The van der Waals surface area contributed by atoms with Crippen LogP contribution in [0.1, 0.15) is 0 Å². The van der Waals surface area contributed by atoms with Crippen LogP contribution in [0.25, 0.3) is 0 Å². The highest BCUT2D eigenvalue weighted by Crippen LogP contribution is 2.32. The zero-order chi connectivity index (χ0) is 12.4. The summed E-state index contributed by atoms with van der Waals surface area (Å²) in [5, 5.41) is 0.188. The molecule has 1 aromatic carbocycles. The molecule has 7 heteroatoms. The monoisotopic (exact) mass is 336 g/mol. The van der Waals surface area contributed by atoms with E-state index in [0.717, 1.165) is 6.07 Å². The molecule has 0 radical (unpaired) electrons. The molecule has 0 N–H and O–H groups in total. The molecule has 3 nitrogen and oxygen atoms in total. The number of benzene rings is 1. The fourth-order valence-corrected chi connectivity index (χ4v) is 1.67. The van der Waals surface area contributed by atoms with Gasteiger partial charge >= 0.3 is 0 Å². The van der Waals surface area contributed by atoms with Gasteiger partial charge in [0.05, 0.1) is 9.50 Å². The van der Waals surface area contributed by atoms with E-state index in [1.165, 1.54) is 18.3 Å². The van der Waals surface area contributed by atoms with Crippen LogP contribution in [0.5, 0.6) is 11.6 Å². The van der Waals surface area contributed by atoms with Crippen LogP contribution in [0.2, 0.25) is 10.3 Å². The first-order valence-electron chi connectivity index (χ1n) is 4.37. The maximum absolute atomic E-state index is 12.8. The van der Waals surface area contributed by atoms with E-state index in [1.807, 2.05) is 0 Å². The van der Waals surface area contributed by atoms with E-state index in [-0.39, 0.29) is 21.9 Å². The van der Waals surface area contributed by atoms with E-state index in [0.29, 0.717) is 4.47 Å². The Hall–Kier alpha value is -0.910. The molecular weight excluding hydrogens is 334 g/mol. The summed E-state index contributed by atoms with van der Waals surface area (Å²) in [5.74, 6) is 0.0455. The molecule has 2 rings (SSSR count). The lowest BCUT2D eigenvalue weighted by molar-refractivity contribution is 0.457. The van der Waals surface area contributed by atoms with Gasteiger partial charge in [0.15, 0.2) is 0 Å². The Morgan fingerprint density at radius 2 is 2.06 bits per heavy atom. The first-order valence-corrected chi connectivity index (χ1v) is 5.92. The van der Waals surface area contributed by atoms with E-state index < -0.39 is 5.82 Å². The summed E-state index contributed by atoms with van der Waals surface area (Å²) in [7, 11) is 0. The van der Waals surface area contributed by atoms with Gasteiger partial charge in [-0.15, -0.1) is 0 Å². The number of halogens is 4. The predicted octanol–water partition coefficient (Wildman–Crippen LogP) is 4.48. The minimum atomic E-state index is -0.442. The minimum absolute atomic E-state index is 0.0430. The molecule has 17 heavy (non-hydrogen) atoms. The van der Waals surface area contributed by atoms with Gasteiger partial charge in [0, 0.05) is 6.20 Å². The highest BCUT2D eigenvalue weighted by Gasteiger charge is 2.09. The summed E-state index contributed by atoms with van der Waals surface area (Å²) in [5.41, 5.74) is 0. The van der Waals surface area contributed by atoms with Crippen molar-refractivity contribution in [1.82, 2.24) is 9.97 Å².